The van der Waals surface area contributed by atoms with Crippen LogP contribution in [0.25, 0.3) is 10.9 Å². The van der Waals surface area contributed by atoms with Gasteiger partial charge in [-0.25, -0.2) is 9.78 Å². The minimum absolute atomic E-state index is 0.342. The zero-order valence-electron chi connectivity index (χ0n) is 9.87. The second kappa shape index (κ2) is 5.77. The highest BCUT2D eigenvalue weighted by Gasteiger charge is 2.03. The van der Waals surface area contributed by atoms with Crippen molar-refractivity contribution >= 4 is 10.9 Å². The van der Waals surface area contributed by atoms with Crippen LogP contribution in [0.3, 0.4) is 0 Å². The van der Waals surface area contributed by atoms with Crippen molar-refractivity contribution in [3.63, 3.8) is 0 Å². The molecule has 0 fully saturated rings. The molecule has 0 unspecified atom stereocenters. The van der Waals surface area contributed by atoms with E-state index in [1.54, 1.807) is 24.3 Å². The molecule has 1 aromatic carbocycles. The van der Waals surface area contributed by atoms with Gasteiger partial charge in [0.25, 0.3) is 0 Å². The molecule has 0 N–H and O–H groups in total. The molecule has 0 aliphatic rings. The SMILES string of the molecule is C=C/C=C\C=C/Cc1nc2ccccc2c(=O)o1. The first kappa shape index (κ1) is 12.0. The standard InChI is InChI=1S/C15H13NO2/c1-2-3-4-5-6-11-14-16-13-10-8-7-9-12(13)15(17)18-14/h2-10H,1,11H2/b4-3-,6-5-. The van der Waals surface area contributed by atoms with E-state index in [4.69, 9.17) is 4.42 Å². The maximum Gasteiger partial charge on any atom is 0.346 e. The molecule has 18 heavy (non-hydrogen) atoms. The maximum atomic E-state index is 11.7. The topological polar surface area (TPSA) is 43.1 Å². The molecule has 3 heteroatoms. The Balaban J connectivity index is 2.25. The molecule has 0 saturated heterocycles. The molecule has 0 radical (unpaired) electrons. The summed E-state index contributed by atoms with van der Waals surface area (Å²) in [6.07, 6.45) is 9.59. The van der Waals surface area contributed by atoms with Gasteiger partial charge in [-0.3, -0.25) is 0 Å². The van der Waals surface area contributed by atoms with Gasteiger partial charge in [-0.15, -0.1) is 0 Å². The third kappa shape index (κ3) is 2.83. The van der Waals surface area contributed by atoms with Crippen LogP contribution in [0, 0.1) is 0 Å². The number of benzene rings is 1. The maximum absolute atomic E-state index is 11.7. The van der Waals surface area contributed by atoms with Crippen molar-refractivity contribution in [1.82, 2.24) is 4.98 Å². The number of aromatic nitrogens is 1. The van der Waals surface area contributed by atoms with Crippen molar-refractivity contribution < 1.29 is 4.42 Å². The van der Waals surface area contributed by atoms with Crippen LogP contribution in [0.15, 0.2) is 70.4 Å². The lowest BCUT2D eigenvalue weighted by Gasteiger charge is -1.97. The Labute approximate surface area is 105 Å². The number of hydrogen-bond acceptors (Lipinski definition) is 3. The van der Waals surface area contributed by atoms with E-state index in [2.05, 4.69) is 11.6 Å². The van der Waals surface area contributed by atoms with Gasteiger partial charge in [0.2, 0.25) is 5.89 Å². The van der Waals surface area contributed by atoms with Crippen LogP contribution in [0.1, 0.15) is 5.89 Å². The number of fused-ring (bicyclic) bond motifs is 1. The van der Waals surface area contributed by atoms with Gasteiger partial charge >= 0.3 is 5.63 Å². The van der Waals surface area contributed by atoms with Gasteiger partial charge in [-0.05, 0) is 12.1 Å². The number of hydrogen-bond donors (Lipinski definition) is 0. The van der Waals surface area contributed by atoms with Crippen molar-refractivity contribution in [1.29, 1.82) is 0 Å². The molecule has 2 aromatic rings. The van der Waals surface area contributed by atoms with Crippen LogP contribution < -0.4 is 5.63 Å². The van der Waals surface area contributed by atoms with Crippen molar-refractivity contribution in [2.75, 3.05) is 0 Å². The average Bonchev–Trinajstić information content (AvgIpc) is 2.39. The molecular weight excluding hydrogens is 226 g/mol. The Morgan fingerprint density at radius 1 is 1.22 bits per heavy atom. The molecular formula is C15H13NO2. The van der Waals surface area contributed by atoms with E-state index in [-0.39, 0.29) is 5.63 Å². The molecule has 2 rings (SSSR count). The summed E-state index contributed by atoms with van der Waals surface area (Å²) in [5, 5.41) is 0.511. The first-order valence-corrected chi connectivity index (χ1v) is 5.64. The number of allylic oxidation sites excluding steroid dienone is 5. The third-order valence-electron chi connectivity index (χ3n) is 2.37. The van der Waals surface area contributed by atoms with Gasteiger partial charge in [0.05, 0.1) is 10.9 Å². The van der Waals surface area contributed by atoms with Gasteiger partial charge in [0.15, 0.2) is 0 Å². The predicted octanol–water partition coefficient (Wildman–Crippen LogP) is 3.03. The summed E-state index contributed by atoms with van der Waals surface area (Å²) in [6.45, 7) is 3.57. The fraction of sp³-hybridized carbons (Fsp3) is 0.0667. The van der Waals surface area contributed by atoms with Crippen molar-refractivity contribution in [3.05, 3.63) is 77.5 Å². The van der Waals surface area contributed by atoms with Crippen molar-refractivity contribution in [3.8, 4) is 0 Å². The van der Waals surface area contributed by atoms with Crippen LogP contribution in [0.2, 0.25) is 0 Å². The highest BCUT2D eigenvalue weighted by atomic mass is 16.4. The van der Waals surface area contributed by atoms with Crippen LogP contribution >= 0.6 is 0 Å². The van der Waals surface area contributed by atoms with E-state index < -0.39 is 0 Å². The summed E-state index contributed by atoms with van der Waals surface area (Å²) in [7, 11) is 0. The van der Waals surface area contributed by atoms with Crippen LogP contribution in [-0.2, 0) is 6.42 Å². The van der Waals surface area contributed by atoms with Gasteiger partial charge in [0, 0.05) is 6.42 Å². The van der Waals surface area contributed by atoms with Gasteiger partial charge in [0.1, 0.15) is 0 Å². The largest absolute Gasteiger partial charge is 0.408 e. The van der Waals surface area contributed by atoms with Crippen LogP contribution in [0.5, 0.6) is 0 Å². The second-order valence-corrected chi connectivity index (χ2v) is 3.67. The summed E-state index contributed by atoms with van der Waals surface area (Å²) in [5.74, 6) is 0.418. The fourth-order valence-electron chi connectivity index (χ4n) is 1.54. The Kier molecular flexibility index (Phi) is 3.86. The predicted molar refractivity (Wildman–Crippen MR) is 72.5 cm³/mol. The minimum atomic E-state index is -0.342. The Hall–Kier alpha value is -2.42. The second-order valence-electron chi connectivity index (χ2n) is 3.67. The van der Waals surface area contributed by atoms with E-state index >= 15 is 0 Å². The van der Waals surface area contributed by atoms with E-state index in [0.717, 1.165) is 0 Å². The molecule has 90 valence electrons. The number of nitrogens with zero attached hydrogens (tertiary/aromatic N) is 1. The normalized spacial score (nSPS) is 11.6. The summed E-state index contributed by atoms with van der Waals surface area (Å²) in [4.78, 5) is 16.0. The average molecular weight is 239 g/mol. The molecule has 0 atom stereocenters. The molecule has 0 aliphatic heterocycles. The summed E-state index contributed by atoms with van der Waals surface area (Å²) >= 11 is 0. The smallest absolute Gasteiger partial charge is 0.346 e. The Morgan fingerprint density at radius 3 is 2.89 bits per heavy atom. The van der Waals surface area contributed by atoms with Crippen LogP contribution in [-0.4, -0.2) is 4.98 Å². The highest BCUT2D eigenvalue weighted by Crippen LogP contribution is 2.07. The summed E-state index contributed by atoms with van der Waals surface area (Å²) in [5.41, 5.74) is 0.324. The lowest BCUT2D eigenvalue weighted by molar-refractivity contribution is 0.456. The molecule has 0 spiro atoms. The lowest BCUT2D eigenvalue weighted by atomic mass is 10.2. The highest BCUT2D eigenvalue weighted by molar-refractivity contribution is 5.76. The molecule has 1 heterocycles. The van der Waals surface area contributed by atoms with Crippen LogP contribution in [0.4, 0.5) is 0 Å². The Bertz CT molecular complexity index is 665. The lowest BCUT2D eigenvalue weighted by Crippen LogP contribution is -2.04. The number of para-hydroxylation sites is 1. The molecule has 0 aliphatic carbocycles. The zero-order chi connectivity index (χ0) is 12.8. The molecule has 0 bridgehead atoms. The zero-order valence-corrected chi connectivity index (χ0v) is 9.87. The van der Waals surface area contributed by atoms with E-state index in [1.807, 2.05) is 30.4 Å². The van der Waals surface area contributed by atoms with E-state index in [9.17, 15) is 4.79 Å². The summed E-state index contributed by atoms with van der Waals surface area (Å²) in [6, 6.07) is 7.15. The van der Waals surface area contributed by atoms with E-state index in [1.165, 1.54) is 0 Å². The minimum Gasteiger partial charge on any atom is -0.408 e. The van der Waals surface area contributed by atoms with E-state index in [0.29, 0.717) is 23.2 Å². The monoisotopic (exact) mass is 239 g/mol. The fourth-order valence-corrected chi connectivity index (χ4v) is 1.54. The molecule has 3 nitrogen and oxygen atoms in total. The first-order valence-electron chi connectivity index (χ1n) is 5.64. The van der Waals surface area contributed by atoms with Crippen molar-refractivity contribution in [2.45, 2.75) is 6.42 Å². The third-order valence-corrected chi connectivity index (χ3v) is 2.37. The quantitative estimate of drug-likeness (QED) is 0.770. The summed E-state index contributed by atoms with van der Waals surface area (Å²) < 4.78 is 5.13. The van der Waals surface area contributed by atoms with Gasteiger partial charge in [-0.1, -0.05) is 49.1 Å². The van der Waals surface area contributed by atoms with Gasteiger partial charge in [-0.2, -0.15) is 0 Å². The number of rotatable bonds is 4. The van der Waals surface area contributed by atoms with Crippen molar-refractivity contribution in [2.24, 2.45) is 0 Å². The Morgan fingerprint density at radius 2 is 2.06 bits per heavy atom. The molecule has 0 saturated carbocycles. The van der Waals surface area contributed by atoms with Gasteiger partial charge < -0.3 is 4.42 Å². The molecule has 0 amide bonds. The molecule has 1 aromatic heterocycles. The first-order chi connectivity index (χ1) is 8.81.